The number of likely N-dealkylation sites (N-methyl/N-ethyl adjacent to an activating group) is 1. The van der Waals surface area contributed by atoms with Gasteiger partial charge in [-0.3, -0.25) is 4.79 Å². The second-order valence-electron chi connectivity index (χ2n) is 5.56. The molecule has 1 saturated heterocycles. The molecule has 8 heteroatoms. The number of nitrogens with one attached hydrogen (secondary N) is 1. The molecule has 2 atom stereocenters. The number of aliphatic hydroxyl groups excluding tert-OH is 1. The van der Waals surface area contributed by atoms with Crippen molar-refractivity contribution in [3.05, 3.63) is 17.7 Å². The molecule has 0 aromatic heterocycles. The molecule has 1 aromatic carbocycles. The van der Waals surface area contributed by atoms with Gasteiger partial charge in [-0.15, -0.1) is 24.2 Å². The van der Waals surface area contributed by atoms with Crippen LogP contribution in [0.3, 0.4) is 0 Å². The van der Waals surface area contributed by atoms with Crippen molar-refractivity contribution < 1.29 is 19.4 Å². The highest BCUT2D eigenvalue weighted by molar-refractivity contribution is 7.98. The van der Waals surface area contributed by atoms with E-state index >= 15 is 0 Å². The summed E-state index contributed by atoms with van der Waals surface area (Å²) in [6.45, 7) is 0.945. The van der Waals surface area contributed by atoms with Crippen molar-refractivity contribution in [3.8, 4) is 11.5 Å². The molecular formula is C16H25ClN2O4S. The summed E-state index contributed by atoms with van der Waals surface area (Å²) in [5, 5.41) is 12.6. The minimum absolute atomic E-state index is 0. The number of halogens is 1. The van der Waals surface area contributed by atoms with Gasteiger partial charge < -0.3 is 24.8 Å². The fourth-order valence-corrected chi connectivity index (χ4v) is 3.33. The maximum absolute atomic E-state index is 12.5. The van der Waals surface area contributed by atoms with Crippen molar-refractivity contribution in [1.29, 1.82) is 0 Å². The van der Waals surface area contributed by atoms with E-state index in [0.717, 1.165) is 10.5 Å². The van der Waals surface area contributed by atoms with Crippen LogP contribution in [0.5, 0.6) is 11.5 Å². The van der Waals surface area contributed by atoms with Crippen LogP contribution in [0.2, 0.25) is 0 Å². The van der Waals surface area contributed by atoms with E-state index in [9.17, 15) is 9.90 Å². The number of carbonyl (C=O) groups excluding carboxylic acids is 1. The summed E-state index contributed by atoms with van der Waals surface area (Å²) in [4.78, 5) is 15.2. The third kappa shape index (κ3) is 4.69. The topological polar surface area (TPSA) is 71.0 Å². The van der Waals surface area contributed by atoms with E-state index < -0.39 is 6.10 Å². The third-order valence-corrected chi connectivity index (χ3v) is 4.80. The van der Waals surface area contributed by atoms with Gasteiger partial charge in [0, 0.05) is 25.0 Å². The Labute approximate surface area is 153 Å². The lowest BCUT2D eigenvalue weighted by molar-refractivity contribution is -0.132. The number of β-amino-alcohol motifs (C(OH)–C–C–N with tert-alkyl or cyclic N) is 1. The maximum atomic E-state index is 12.5. The molecule has 1 amide bonds. The fourth-order valence-electron chi connectivity index (χ4n) is 2.72. The van der Waals surface area contributed by atoms with Crippen molar-refractivity contribution in [2.24, 2.45) is 0 Å². The van der Waals surface area contributed by atoms with Gasteiger partial charge in [0.05, 0.1) is 26.4 Å². The monoisotopic (exact) mass is 376 g/mol. The predicted molar refractivity (Wildman–Crippen MR) is 97.5 cm³/mol. The Morgan fingerprint density at radius 3 is 2.50 bits per heavy atom. The van der Waals surface area contributed by atoms with Gasteiger partial charge in [0.2, 0.25) is 5.91 Å². The zero-order chi connectivity index (χ0) is 17.0. The Hall–Kier alpha value is -1.15. The average molecular weight is 377 g/mol. The molecule has 136 valence electrons. The van der Waals surface area contributed by atoms with Gasteiger partial charge in [0.1, 0.15) is 0 Å². The van der Waals surface area contributed by atoms with Crippen molar-refractivity contribution in [1.82, 2.24) is 10.2 Å². The molecule has 2 unspecified atom stereocenters. The number of thioether (sulfide) groups is 1. The molecule has 1 heterocycles. The van der Waals surface area contributed by atoms with Crippen molar-refractivity contribution in [3.63, 3.8) is 0 Å². The molecule has 2 N–H and O–H groups in total. The van der Waals surface area contributed by atoms with Gasteiger partial charge in [-0.05, 0) is 30.4 Å². The number of hydrogen-bond donors (Lipinski definition) is 2. The van der Waals surface area contributed by atoms with Crippen LogP contribution in [0, 0.1) is 0 Å². The first-order valence-electron chi connectivity index (χ1n) is 7.45. The zero-order valence-electron chi connectivity index (χ0n) is 14.4. The Bertz CT molecular complexity index is 573. The minimum atomic E-state index is -0.444. The quantitative estimate of drug-likeness (QED) is 0.734. The number of benzene rings is 1. The normalized spacial score (nSPS) is 19.5. The molecule has 0 radical (unpaired) electrons. The molecule has 0 saturated carbocycles. The molecule has 1 fully saturated rings. The van der Waals surface area contributed by atoms with E-state index in [-0.39, 0.29) is 24.4 Å². The SMILES string of the molecule is COc1cc(CN(C)C(=O)C2CC(O)CN2)c(SC)cc1OC.Cl. The highest BCUT2D eigenvalue weighted by Gasteiger charge is 2.30. The van der Waals surface area contributed by atoms with Crippen LogP contribution in [0.15, 0.2) is 17.0 Å². The highest BCUT2D eigenvalue weighted by atomic mass is 35.5. The number of rotatable bonds is 6. The summed E-state index contributed by atoms with van der Waals surface area (Å²) in [5.74, 6) is 1.31. The van der Waals surface area contributed by atoms with Crippen LogP contribution < -0.4 is 14.8 Å². The van der Waals surface area contributed by atoms with Crippen LogP contribution in [0.1, 0.15) is 12.0 Å². The number of hydrogen-bond acceptors (Lipinski definition) is 6. The summed E-state index contributed by atoms with van der Waals surface area (Å²) in [6.07, 6.45) is 2.01. The summed E-state index contributed by atoms with van der Waals surface area (Å²) in [7, 11) is 4.98. The van der Waals surface area contributed by atoms with E-state index in [1.165, 1.54) is 0 Å². The first kappa shape index (κ1) is 20.9. The molecule has 1 aromatic rings. The predicted octanol–water partition coefficient (Wildman–Crippen LogP) is 1.53. The van der Waals surface area contributed by atoms with Gasteiger partial charge in [-0.2, -0.15) is 0 Å². The van der Waals surface area contributed by atoms with E-state index in [1.54, 1.807) is 37.9 Å². The highest BCUT2D eigenvalue weighted by Crippen LogP contribution is 2.35. The standard InChI is InChI=1S/C16H24N2O4S.ClH/c1-18(16(20)12-6-11(19)8-17-12)9-10-5-13(21-2)14(22-3)7-15(10)23-4;/h5,7,11-12,17,19H,6,8-9H2,1-4H3;1H. The number of carbonyl (C=O) groups is 1. The van der Waals surface area contributed by atoms with E-state index in [0.29, 0.717) is 31.0 Å². The molecule has 24 heavy (non-hydrogen) atoms. The second kappa shape index (κ2) is 9.36. The van der Waals surface area contributed by atoms with Gasteiger partial charge in [0.25, 0.3) is 0 Å². The number of nitrogens with zero attached hydrogens (tertiary/aromatic N) is 1. The van der Waals surface area contributed by atoms with Gasteiger partial charge in [-0.25, -0.2) is 0 Å². The lowest BCUT2D eigenvalue weighted by atomic mass is 10.1. The fraction of sp³-hybridized carbons (Fsp3) is 0.562. The minimum Gasteiger partial charge on any atom is -0.493 e. The Kier molecular flexibility index (Phi) is 8.15. The van der Waals surface area contributed by atoms with Crippen LogP contribution in [0.25, 0.3) is 0 Å². The largest absolute Gasteiger partial charge is 0.493 e. The number of amides is 1. The second-order valence-corrected chi connectivity index (χ2v) is 6.41. The van der Waals surface area contributed by atoms with Gasteiger partial charge in [0.15, 0.2) is 11.5 Å². The summed E-state index contributed by atoms with van der Waals surface area (Å²) >= 11 is 1.60. The average Bonchev–Trinajstić information content (AvgIpc) is 2.99. The number of methoxy groups -OCH3 is 2. The first-order valence-corrected chi connectivity index (χ1v) is 8.68. The van der Waals surface area contributed by atoms with E-state index in [1.807, 2.05) is 18.4 Å². The van der Waals surface area contributed by atoms with Crippen molar-refractivity contribution in [2.45, 2.75) is 30.0 Å². The Morgan fingerprint density at radius 1 is 1.38 bits per heavy atom. The molecule has 2 rings (SSSR count). The third-order valence-electron chi connectivity index (χ3n) is 3.98. The van der Waals surface area contributed by atoms with Gasteiger partial charge in [-0.1, -0.05) is 0 Å². The molecule has 1 aliphatic rings. The Morgan fingerprint density at radius 2 is 2.00 bits per heavy atom. The zero-order valence-corrected chi connectivity index (χ0v) is 16.0. The number of aliphatic hydroxyl groups is 1. The molecule has 6 nitrogen and oxygen atoms in total. The lowest BCUT2D eigenvalue weighted by Crippen LogP contribution is -2.41. The molecular weight excluding hydrogens is 352 g/mol. The summed E-state index contributed by atoms with van der Waals surface area (Å²) < 4.78 is 10.7. The summed E-state index contributed by atoms with van der Waals surface area (Å²) in [6, 6.07) is 3.52. The Balaban J connectivity index is 0.00000288. The van der Waals surface area contributed by atoms with E-state index in [4.69, 9.17) is 9.47 Å². The number of ether oxygens (including phenoxy) is 2. The van der Waals surface area contributed by atoms with Crippen LogP contribution in [-0.2, 0) is 11.3 Å². The summed E-state index contributed by atoms with van der Waals surface area (Å²) in [5.41, 5.74) is 1.00. The molecule has 0 spiro atoms. The van der Waals surface area contributed by atoms with Crippen molar-refractivity contribution in [2.75, 3.05) is 34.1 Å². The van der Waals surface area contributed by atoms with Crippen LogP contribution in [0.4, 0.5) is 0 Å². The van der Waals surface area contributed by atoms with E-state index in [2.05, 4.69) is 5.32 Å². The molecule has 0 aliphatic carbocycles. The molecule has 1 aliphatic heterocycles. The lowest BCUT2D eigenvalue weighted by Gasteiger charge is -2.23. The smallest absolute Gasteiger partial charge is 0.239 e. The van der Waals surface area contributed by atoms with Gasteiger partial charge >= 0.3 is 0 Å². The van der Waals surface area contributed by atoms with Crippen LogP contribution >= 0.6 is 24.2 Å². The van der Waals surface area contributed by atoms with Crippen molar-refractivity contribution >= 4 is 30.1 Å². The maximum Gasteiger partial charge on any atom is 0.239 e. The first-order chi connectivity index (χ1) is 11.0. The molecule has 0 bridgehead atoms. The van der Waals surface area contributed by atoms with Crippen LogP contribution in [-0.4, -0.2) is 62.1 Å².